The maximum atomic E-state index is 11.4. The fourth-order valence-corrected chi connectivity index (χ4v) is 1.87. The Morgan fingerprint density at radius 1 is 1.62 bits per heavy atom. The Labute approximate surface area is 80.4 Å². The molecule has 1 heterocycles. The largest absolute Gasteiger partial charge is 0.356 e. The summed E-state index contributed by atoms with van der Waals surface area (Å²) < 4.78 is 0. The molecule has 1 saturated heterocycles. The van der Waals surface area contributed by atoms with Crippen molar-refractivity contribution in [3.8, 4) is 0 Å². The standard InChI is InChI=1S/C11H19NO/c1-4-9-7-10(8(2)3)5-6-12-11(9)13/h4,8-10H,1,5-7H2,2-3H3,(H,12,13). The lowest BCUT2D eigenvalue weighted by atomic mass is 9.85. The number of nitrogens with one attached hydrogen (secondary N) is 1. The molecule has 0 aromatic heterocycles. The van der Waals surface area contributed by atoms with Crippen LogP contribution in [0.25, 0.3) is 0 Å². The Bertz CT molecular complexity index is 198. The molecule has 2 heteroatoms. The van der Waals surface area contributed by atoms with Crippen LogP contribution in [0.15, 0.2) is 12.7 Å². The summed E-state index contributed by atoms with van der Waals surface area (Å²) in [7, 11) is 0. The van der Waals surface area contributed by atoms with Gasteiger partial charge < -0.3 is 5.32 Å². The smallest absolute Gasteiger partial charge is 0.226 e. The van der Waals surface area contributed by atoms with Crippen molar-refractivity contribution in [1.82, 2.24) is 5.32 Å². The quantitative estimate of drug-likeness (QED) is 0.648. The van der Waals surface area contributed by atoms with E-state index >= 15 is 0 Å². The van der Waals surface area contributed by atoms with E-state index in [1.165, 1.54) is 0 Å². The molecule has 1 amide bonds. The van der Waals surface area contributed by atoms with Gasteiger partial charge in [-0.25, -0.2) is 0 Å². The van der Waals surface area contributed by atoms with Gasteiger partial charge in [-0.3, -0.25) is 4.79 Å². The minimum atomic E-state index is 0.0231. The summed E-state index contributed by atoms with van der Waals surface area (Å²) >= 11 is 0. The lowest BCUT2D eigenvalue weighted by Crippen LogP contribution is -2.27. The van der Waals surface area contributed by atoms with Crippen molar-refractivity contribution in [2.75, 3.05) is 6.54 Å². The fourth-order valence-electron chi connectivity index (χ4n) is 1.87. The van der Waals surface area contributed by atoms with Crippen molar-refractivity contribution < 1.29 is 4.79 Å². The van der Waals surface area contributed by atoms with Gasteiger partial charge in [0.05, 0.1) is 5.92 Å². The van der Waals surface area contributed by atoms with Gasteiger partial charge in [0.2, 0.25) is 5.91 Å². The maximum Gasteiger partial charge on any atom is 0.226 e. The number of carbonyl (C=O) groups is 1. The first-order valence-corrected chi connectivity index (χ1v) is 5.05. The van der Waals surface area contributed by atoms with Crippen molar-refractivity contribution in [1.29, 1.82) is 0 Å². The van der Waals surface area contributed by atoms with Crippen molar-refractivity contribution in [2.45, 2.75) is 26.7 Å². The average Bonchev–Trinajstić information content (AvgIpc) is 2.27. The van der Waals surface area contributed by atoms with Crippen LogP contribution < -0.4 is 5.32 Å². The van der Waals surface area contributed by atoms with E-state index in [9.17, 15) is 4.79 Å². The highest BCUT2D eigenvalue weighted by Gasteiger charge is 2.25. The Morgan fingerprint density at radius 2 is 2.31 bits per heavy atom. The van der Waals surface area contributed by atoms with E-state index in [4.69, 9.17) is 0 Å². The number of hydrogen-bond acceptors (Lipinski definition) is 1. The van der Waals surface area contributed by atoms with Crippen LogP contribution in [0.3, 0.4) is 0 Å². The van der Waals surface area contributed by atoms with Gasteiger partial charge in [-0.15, -0.1) is 6.58 Å². The average molecular weight is 181 g/mol. The topological polar surface area (TPSA) is 29.1 Å². The minimum absolute atomic E-state index is 0.0231. The molecule has 0 spiro atoms. The van der Waals surface area contributed by atoms with Gasteiger partial charge >= 0.3 is 0 Å². The minimum Gasteiger partial charge on any atom is -0.356 e. The molecule has 2 nitrogen and oxygen atoms in total. The zero-order valence-electron chi connectivity index (χ0n) is 8.55. The molecule has 0 aromatic carbocycles. The van der Waals surface area contributed by atoms with Gasteiger partial charge in [-0.1, -0.05) is 19.9 Å². The molecule has 1 aliphatic heterocycles. The van der Waals surface area contributed by atoms with E-state index in [0.717, 1.165) is 19.4 Å². The molecule has 0 radical (unpaired) electrons. The molecule has 1 aliphatic rings. The van der Waals surface area contributed by atoms with E-state index in [0.29, 0.717) is 11.8 Å². The number of rotatable bonds is 2. The van der Waals surface area contributed by atoms with Crippen LogP contribution in [0.4, 0.5) is 0 Å². The summed E-state index contributed by atoms with van der Waals surface area (Å²) in [5, 5.41) is 2.92. The number of hydrogen-bond donors (Lipinski definition) is 1. The van der Waals surface area contributed by atoms with Crippen molar-refractivity contribution in [3.05, 3.63) is 12.7 Å². The zero-order chi connectivity index (χ0) is 9.84. The third-order valence-electron chi connectivity index (χ3n) is 2.94. The molecule has 0 aromatic rings. The third kappa shape index (κ3) is 2.58. The lowest BCUT2D eigenvalue weighted by molar-refractivity contribution is -0.123. The third-order valence-corrected chi connectivity index (χ3v) is 2.94. The summed E-state index contributed by atoms with van der Waals surface area (Å²) in [6, 6.07) is 0. The second-order valence-electron chi connectivity index (χ2n) is 4.16. The first-order valence-electron chi connectivity index (χ1n) is 5.05. The van der Waals surface area contributed by atoms with Crippen LogP contribution in [0.2, 0.25) is 0 Å². The highest BCUT2D eigenvalue weighted by atomic mass is 16.1. The van der Waals surface area contributed by atoms with E-state index in [-0.39, 0.29) is 11.8 Å². The van der Waals surface area contributed by atoms with E-state index in [2.05, 4.69) is 25.7 Å². The summed E-state index contributed by atoms with van der Waals surface area (Å²) in [5.74, 6) is 1.49. The Hall–Kier alpha value is -0.790. The van der Waals surface area contributed by atoms with Gasteiger partial charge in [0.1, 0.15) is 0 Å². The monoisotopic (exact) mass is 181 g/mol. The molecular weight excluding hydrogens is 162 g/mol. The highest BCUT2D eigenvalue weighted by Crippen LogP contribution is 2.26. The summed E-state index contributed by atoms with van der Waals surface area (Å²) in [6.07, 6.45) is 3.84. The number of amides is 1. The van der Waals surface area contributed by atoms with Crippen LogP contribution in [-0.2, 0) is 4.79 Å². The lowest BCUT2D eigenvalue weighted by Gasteiger charge is -2.19. The van der Waals surface area contributed by atoms with E-state index in [1.807, 2.05) is 0 Å². The highest BCUT2D eigenvalue weighted by molar-refractivity contribution is 5.80. The predicted molar refractivity (Wildman–Crippen MR) is 54.3 cm³/mol. The molecule has 0 aliphatic carbocycles. The van der Waals surface area contributed by atoms with Gasteiger partial charge in [0, 0.05) is 6.54 Å². The zero-order valence-corrected chi connectivity index (χ0v) is 8.55. The van der Waals surface area contributed by atoms with Crippen LogP contribution in [0.5, 0.6) is 0 Å². The van der Waals surface area contributed by atoms with Crippen molar-refractivity contribution >= 4 is 5.91 Å². The molecule has 2 unspecified atom stereocenters. The van der Waals surface area contributed by atoms with E-state index < -0.39 is 0 Å². The van der Waals surface area contributed by atoms with Crippen LogP contribution in [-0.4, -0.2) is 12.5 Å². The fraction of sp³-hybridized carbons (Fsp3) is 0.727. The normalized spacial score (nSPS) is 29.6. The molecule has 0 saturated carbocycles. The first kappa shape index (κ1) is 10.3. The summed E-state index contributed by atoms with van der Waals surface area (Å²) in [5.41, 5.74) is 0. The number of carbonyl (C=O) groups excluding carboxylic acids is 1. The van der Waals surface area contributed by atoms with Crippen molar-refractivity contribution in [3.63, 3.8) is 0 Å². The van der Waals surface area contributed by atoms with Gasteiger partial charge in [-0.05, 0) is 24.7 Å². The summed E-state index contributed by atoms with van der Waals surface area (Å²) in [6.45, 7) is 8.98. The first-order chi connectivity index (χ1) is 6.15. The molecule has 1 fully saturated rings. The Morgan fingerprint density at radius 3 is 2.85 bits per heavy atom. The van der Waals surface area contributed by atoms with Gasteiger partial charge in [0.25, 0.3) is 0 Å². The van der Waals surface area contributed by atoms with E-state index in [1.54, 1.807) is 6.08 Å². The van der Waals surface area contributed by atoms with Crippen molar-refractivity contribution in [2.24, 2.45) is 17.8 Å². The molecule has 0 bridgehead atoms. The molecule has 1 rings (SSSR count). The molecule has 2 atom stereocenters. The molecule has 74 valence electrons. The SMILES string of the molecule is C=CC1CC(C(C)C)CCNC1=O. The van der Waals surface area contributed by atoms with Gasteiger partial charge in [0.15, 0.2) is 0 Å². The maximum absolute atomic E-state index is 11.4. The van der Waals surface area contributed by atoms with Crippen LogP contribution in [0.1, 0.15) is 26.7 Å². The predicted octanol–water partition coefficient (Wildman–Crippen LogP) is 1.97. The molecular formula is C11H19NO. The van der Waals surface area contributed by atoms with Crippen LogP contribution >= 0.6 is 0 Å². The molecule has 13 heavy (non-hydrogen) atoms. The second kappa shape index (κ2) is 4.45. The summed E-state index contributed by atoms with van der Waals surface area (Å²) in [4.78, 5) is 11.4. The molecule has 1 N–H and O–H groups in total. The Kier molecular flexibility index (Phi) is 3.52. The van der Waals surface area contributed by atoms with Gasteiger partial charge in [-0.2, -0.15) is 0 Å². The Balaban J connectivity index is 2.63. The van der Waals surface area contributed by atoms with Crippen LogP contribution in [0, 0.1) is 17.8 Å². The second-order valence-corrected chi connectivity index (χ2v) is 4.16.